The molecular formula is C15H14FNO2. The van der Waals surface area contributed by atoms with Gasteiger partial charge in [-0.05, 0) is 37.1 Å². The van der Waals surface area contributed by atoms with E-state index in [1.165, 1.54) is 31.6 Å². The number of hydrogen-bond acceptors (Lipinski definition) is 3. The van der Waals surface area contributed by atoms with Crippen molar-refractivity contribution in [3.8, 4) is 5.75 Å². The Morgan fingerprint density at radius 3 is 2.68 bits per heavy atom. The van der Waals surface area contributed by atoms with E-state index in [0.29, 0.717) is 16.9 Å². The first-order valence-electron chi connectivity index (χ1n) is 5.84. The molecule has 4 heteroatoms. The topological polar surface area (TPSA) is 39.2 Å². The summed E-state index contributed by atoms with van der Waals surface area (Å²) < 4.78 is 19.1. The number of benzene rings is 1. The molecule has 0 amide bonds. The molecule has 0 unspecified atom stereocenters. The number of aryl methyl sites for hydroxylation is 2. The van der Waals surface area contributed by atoms with Gasteiger partial charge < -0.3 is 4.74 Å². The van der Waals surface area contributed by atoms with Crippen molar-refractivity contribution >= 4 is 5.78 Å². The van der Waals surface area contributed by atoms with Crippen LogP contribution in [-0.4, -0.2) is 17.9 Å². The van der Waals surface area contributed by atoms with Gasteiger partial charge in [-0.3, -0.25) is 9.78 Å². The van der Waals surface area contributed by atoms with Crippen molar-refractivity contribution in [1.29, 1.82) is 0 Å². The quantitative estimate of drug-likeness (QED) is 0.795. The lowest BCUT2D eigenvalue weighted by atomic mass is 9.97. The molecule has 0 aliphatic carbocycles. The van der Waals surface area contributed by atoms with Gasteiger partial charge in [-0.15, -0.1) is 0 Å². The average Bonchev–Trinajstić information content (AvgIpc) is 2.37. The Kier molecular flexibility index (Phi) is 3.60. The van der Waals surface area contributed by atoms with Gasteiger partial charge in [0.15, 0.2) is 5.78 Å². The number of rotatable bonds is 3. The SMILES string of the molecule is COc1cnccc1C(=O)c1c(C)cc(C)cc1F. The maximum absolute atomic E-state index is 14.0. The molecule has 0 N–H and O–H groups in total. The fourth-order valence-corrected chi connectivity index (χ4v) is 2.07. The molecule has 98 valence electrons. The second kappa shape index (κ2) is 5.18. The van der Waals surface area contributed by atoms with Crippen LogP contribution < -0.4 is 4.74 Å². The summed E-state index contributed by atoms with van der Waals surface area (Å²) in [5, 5.41) is 0. The fraction of sp³-hybridized carbons (Fsp3) is 0.200. The standard InChI is InChI=1S/C15H14FNO2/c1-9-6-10(2)14(12(16)7-9)15(18)11-4-5-17-8-13(11)19-3/h4-8H,1-3H3. The van der Waals surface area contributed by atoms with E-state index in [1.54, 1.807) is 19.9 Å². The second-order valence-corrected chi connectivity index (χ2v) is 4.34. The lowest BCUT2D eigenvalue weighted by Gasteiger charge is -2.10. The number of hydrogen-bond donors (Lipinski definition) is 0. The number of pyridine rings is 1. The number of ketones is 1. The first-order chi connectivity index (χ1) is 9.04. The van der Waals surface area contributed by atoms with Gasteiger partial charge in [-0.2, -0.15) is 0 Å². The Labute approximate surface area is 111 Å². The summed E-state index contributed by atoms with van der Waals surface area (Å²) in [4.78, 5) is 16.3. The monoisotopic (exact) mass is 259 g/mol. The summed E-state index contributed by atoms with van der Waals surface area (Å²) in [6.45, 7) is 3.51. The van der Waals surface area contributed by atoms with E-state index in [2.05, 4.69) is 4.98 Å². The van der Waals surface area contributed by atoms with E-state index >= 15 is 0 Å². The molecule has 0 aliphatic heterocycles. The Morgan fingerprint density at radius 1 is 1.32 bits per heavy atom. The number of nitrogens with zero attached hydrogens (tertiary/aromatic N) is 1. The van der Waals surface area contributed by atoms with E-state index < -0.39 is 11.6 Å². The van der Waals surface area contributed by atoms with E-state index in [9.17, 15) is 9.18 Å². The van der Waals surface area contributed by atoms with Gasteiger partial charge in [0.2, 0.25) is 0 Å². The third-order valence-electron chi connectivity index (χ3n) is 2.91. The van der Waals surface area contributed by atoms with Crippen LogP contribution in [0.2, 0.25) is 0 Å². The summed E-state index contributed by atoms with van der Waals surface area (Å²) in [5.74, 6) is -0.567. The lowest BCUT2D eigenvalue weighted by molar-refractivity contribution is 0.103. The minimum absolute atomic E-state index is 0.0788. The first-order valence-corrected chi connectivity index (χ1v) is 5.84. The summed E-state index contributed by atoms with van der Waals surface area (Å²) in [5.41, 5.74) is 1.79. The lowest BCUT2D eigenvalue weighted by Crippen LogP contribution is -2.09. The molecule has 1 aromatic heterocycles. The van der Waals surface area contributed by atoms with Gasteiger partial charge in [0.1, 0.15) is 11.6 Å². The van der Waals surface area contributed by atoms with Crippen molar-refractivity contribution in [3.05, 3.63) is 58.7 Å². The minimum Gasteiger partial charge on any atom is -0.494 e. The Morgan fingerprint density at radius 2 is 2.05 bits per heavy atom. The van der Waals surface area contributed by atoms with Gasteiger partial charge in [0.25, 0.3) is 0 Å². The van der Waals surface area contributed by atoms with Crippen LogP contribution in [0.1, 0.15) is 27.0 Å². The van der Waals surface area contributed by atoms with Crippen LogP contribution >= 0.6 is 0 Å². The van der Waals surface area contributed by atoms with Crippen molar-refractivity contribution < 1.29 is 13.9 Å². The average molecular weight is 259 g/mol. The van der Waals surface area contributed by atoms with Crippen LogP contribution in [0.25, 0.3) is 0 Å². The van der Waals surface area contributed by atoms with Crippen molar-refractivity contribution in [1.82, 2.24) is 4.98 Å². The fourth-order valence-electron chi connectivity index (χ4n) is 2.07. The third kappa shape index (κ3) is 2.47. The molecule has 0 radical (unpaired) electrons. The van der Waals surface area contributed by atoms with Gasteiger partial charge in [0, 0.05) is 6.20 Å². The molecule has 0 saturated carbocycles. The Hall–Kier alpha value is -2.23. The number of aromatic nitrogens is 1. The Bertz CT molecular complexity index is 615. The second-order valence-electron chi connectivity index (χ2n) is 4.34. The maximum Gasteiger partial charge on any atom is 0.200 e. The zero-order valence-corrected chi connectivity index (χ0v) is 11.0. The predicted molar refractivity (Wildman–Crippen MR) is 70.1 cm³/mol. The van der Waals surface area contributed by atoms with Crippen LogP contribution in [0.4, 0.5) is 4.39 Å². The van der Waals surface area contributed by atoms with E-state index in [4.69, 9.17) is 4.74 Å². The summed E-state index contributed by atoms with van der Waals surface area (Å²) in [7, 11) is 1.45. The van der Waals surface area contributed by atoms with Gasteiger partial charge in [-0.25, -0.2) is 4.39 Å². The van der Waals surface area contributed by atoms with Gasteiger partial charge >= 0.3 is 0 Å². The zero-order chi connectivity index (χ0) is 14.0. The highest BCUT2D eigenvalue weighted by Gasteiger charge is 2.20. The zero-order valence-electron chi connectivity index (χ0n) is 11.0. The molecule has 0 spiro atoms. The minimum atomic E-state index is -0.513. The predicted octanol–water partition coefficient (Wildman–Crippen LogP) is 3.08. The summed E-state index contributed by atoms with van der Waals surface area (Å²) >= 11 is 0. The maximum atomic E-state index is 14.0. The van der Waals surface area contributed by atoms with Crippen molar-refractivity contribution in [2.45, 2.75) is 13.8 Å². The molecule has 1 aromatic carbocycles. The number of halogens is 1. The summed E-state index contributed by atoms with van der Waals surface area (Å²) in [6.07, 6.45) is 2.92. The van der Waals surface area contributed by atoms with Crippen LogP contribution in [-0.2, 0) is 0 Å². The van der Waals surface area contributed by atoms with Crippen LogP contribution in [0, 0.1) is 19.7 Å². The van der Waals surface area contributed by atoms with Crippen LogP contribution in [0.15, 0.2) is 30.6 Å². The van der Waals surface area contributed by atoms with Gasteiger partial charge in [0.05, 0.1) is 24.4 Å². The highest BCUT2D eigenvalue weighted by Crippen LogP contribution is 2.24. The van der Waals surface area contributed by atoms with Crippen molar-refractivity contribution in [2.24, 2.45) is 0 Å². The molecule has 0 atom stereocenters. The number of carbonyl (C=O) groups is 1. The Balaban J connectivity index is 2.57. The molecular weight excluding hydrogens is 245 g/mol. The number of ether oxygens (including phenoxy) is 1. The van der Waals surface area contributed by atoms with Crippen LogP contribution in [0.5, 0.6) is 5.75 Å². The number of methoxy groups -OCH3 is 1. The van der Waals surface area contributed by atoms with E-state index in [0.717, 1.165) is 5.56 Å². The van der Waals surface area contributed by atoms with Crippen molar-refractivity contribution in [2.75, 3.05) is 7.11 Å². The van der Waals surface area contributed by atoms with Crippen molar-refractivity contribution in [3.63, 3.8) is 0 Å². The largest absolute Gasteiger partial charge is 0.494 e. The van der Waals surface area contributed by atoms with E-state index in [-0.39, 0.29) is 5.56 Å². The molecule has 3 nitrogen and oxygen atoms in total. The summed E-state index contributed by atoms with van der Waals surface area (Å²) in [6, 6.07) is 4.66. The molecule has 0 bridgehead atoms. The molecule has 0 aliphatic rings. The highest BCUT2D eigenvalue weighted by molar-refractivity contribution is 6.11. The smallest absolute Gasteiger partial charge is 0.200 e. The molecule has 2 rings (SSSR count). The molecule has 19 heavy (non-hydrogen) atoms. The number of carbonyl (C=O) groups excluding carboxylic acids is 1. The van der Waals surface area contributed by atoms with Gasteiger partial charge in [-0.1, -0.05) is 6.07 Å². The molecule has 0 fully saturated rings. The van der Waals surface area contributed by atoms with Crippen LogP contribution in [0.3, 0.4) is 0 Å². The molecule has 0 saturated heterocycles. The first kappa shape index (κ1) is 13.2. The highest BCUT2D eigenvalue weighted by atomic mass is 19.1. The third-order valence-corrected chi connectivity index (χ3v) is 2.91. The normalized spacial score (nSPS) is 10.3. The van der Waals surface area contributed by atoms with E-state index in [1.807, 2.05) is 0 Å². The molecule has 1 heterocycles. The molecule has 2 aromatic rings.